The number of aromatic nitrogens is 5. The number of hydrogen-bond acceptors (Lipinski definition) is 4. The molecular formula is C42H33N5O. The van der Waals surface area contributed by atoms with Crippen molar-refractivity contribution < 1.29 is 4.74 Å². The molecule has 4 heterocycles. The Hall–Kier alpha value is -6.01. The number of benzene rings is 5. The molecule has 0 aliphatic carbocycles. The van der Waals surface area contributed by atoms with Gasteiger partial charge in [0.05, 0.1) is 16.6 Å². The standard InChI is InChI=1S/C42H33N5O/c1-26-11-5-6-12-30(26)40-44-45-41-35-24-28(17-20-31(35)32-13-7-8-14-36(32)47(40)41)48-29-18-21-34-33-19-16-27(42(2,3)4)23-37(33)46(38(34)25-29)39-15-9-10-22-43-39/h5-25H,1-4H3. The minimum atomic E-state index is 0.0196. The Bertz CT molecular complexity index is 2700. The summed E-state index contributed by atoms with van der Waals surface area (Å²) in [5, 5.41) is 15.0. The van der Waals surface area contributed by atoms with Crippen LogP contribution >= 0.6 is 0 Å². The Labute approximate surface area is 277 Å². The fraction of sp³-hybridized carbons (Fsp3) is 0.119. The van der Waals surface area contributed by atoms with Crippen LogP contribution in [0.15, 0.2) is 128 Å². The van der Waals surface area contributed by atoms with Gasteiger partial charge < -0.3 is 4.74 Å². The van der Waals surface area contributed by atoms with Gasteiger partial charge in [0.2, 0.25) is 0 Å². The second kappa shape index (κ2) is 10.5. The van der Waals surface area contributed by atoms with Crippen LogP contribution in [0.25, 0.3) is 66.3 Å². The first-order chi connectivity index (χ1) is 23.3. The summed E-state index contributed by atoms with van der Waals surface area (Å²) in [7, 11) is 0. The van der Waals surface area contributed by atoms with Gasteiger partial charge in [-0.1, -0.05) is 81.4 Å². The summed E-state index contributed by atoms with van der Waals surface area (Å²) in [6.45, 7) is 8.85. The van der Waals surface area contributed by atoms with Crippen molar-refractivity contribution >= 4 is 49.1 Å². The molecule has 0 N–H and O–H groups in total. The molecule has 9 aromatic rings. The molecule has 0 atom stereocenters. The zero-order valence-electron chi connectivity index (χ0n) is 27.3. The van der Waals surface area contributed by atoms with Crippen molar-refractivity contribution in [2.45, 2.75) is 33.1 Å². The van der Waals surface area contributed by atoms with E-state index >= 15 is 0 Å². The van der Waals surface area contributed by atoms with Crippen molar-refractivity contribution in [3.8, 4) is 28.7 Å². The summed E-state index contributed by atoms with van der Waals surface area (Å²) >= 11 is 0. The number of rotatable bonds is 4. The third-order valence-electron chi connectivity index (χ3n) is 9.44. The first kappa shape index (κ1) is 28.2. The lowest BCUT2D eigenvalue weighted by atomic mass is 9.86. The fourth-order valence-corrected chi connectivity index (χ4v) is 6.99. The molecule has 0 amide bonds. The maximum Gasteiger partial charge on any atom is 0.169 e. The van der Waals surface area contributed by atoms with Crippen molar-refractivity contribution in [3.05, 3.63) is 139 Å². The Morgan fingerprint density at radius 1 is 0.583 bits per heavy atom. The van der Waals surface area contributed by atoms with Gasteiger partial charge in [0.1, 0.15) is 17.3 Å². The van der Waals surface area contributed by atoms with Crippen LogP contribution < -0.4 is 4.74 Å². The molecule has 0 aliphatic heterocycles. The number of nitrogens with zero attached hydrogens (tertiary/aromatic N) is 5. The van der Waals surface area contributed by atoms with Gasteiger partial charge in [-0.2, -0.15) is 0 Å². The highest BCUT2D eigenvalue weighted by molar-refractivity contribution is 6.13. The number of fused-ring (bicyclic) bond motifs is 9. The molecule has 0 fully saturated rings. The van der Waals surface area contributed by atoms with Crippen molar-refractivity contribution in [2.24, 2.45) is 0 Å². The summed E-state index contributed by atoms with van der Waals surface area (Å²) in [6.07, 6.45) is 1.84. The van der Waals surface area contributed by atoms with Crippen LogP contribution in [0.3, 0.4) is 0 Å². The largest absolute Gasteiger partial charge is 0.457 e. The van der Waals surface area contributed by atoms with Crippen molar-refractivity contribution in [2.75, 3.05) is 0 Å². The first-order valence-electron chi connectivity index (χ1n) is 16.3. The van der Waals surface area contributed by atoms with E-state index in [4.69, 9.17) is 19.9 Å². The van der Waals surface area contributed by atoms with Gasteiger partial charge in [0, 0.05) is 39.4 Å². The molecule has 232 valence electrons. The molecule has 5 aromatic carbocycles. The van der Waals surface area contributed by atoms with E-state index in [9.17, 15) is 0 Å². The summed E-state index contributed by atoms with van der Waals surface area (Å²) in [5.41, 5.74) is 7.56. The Morgan fingerprint density at radius 2 is 1.27 bits per heavy atom. The fourth-order valence-electron chi connectivity index (χ4n) is 6.99. The highest BCUT2D eigenvalue weighted by atomic mass is 16.5. The van der Waals surface area contributed by atoms with E-state index in [1.54, 1.807) is 0 Å². The highest BCUT2D eigenvalue weighted by Gasteiger charge is 2.20. The topological polar surface area (TPSA) is 57.2 Å². The van der Waals surface area contributed by atoms with E-state index in [-0.39, 0.29) is 5.41 Å². The van der Waals surface area contributed by atoms with Crippen LogP contribution in [0.2, 0.25) is 0 Å². The molecule has 6 nitrogen and oxygen atoms in total. The Balaban J connectivity index is 1.22. The molecular weight excluding hydrogens is 590 g/mol. The van der Waals surface area contributed by atoms with Crippen molar-refractivity contribution in [1.82, 2.24) is 24.1 Å². The van der Waals surface area contributed by atoms with Gasteiger partial charge in [0.25, 0.3) is 0 Å². The van der Waals surface area contributed by atoms with Crippen LogP contribution in [0.4, 0.5) is 0 Å². The lowest BCUT2D eigenvalue weighted by molar-refractivity contribution is 0.484. The van der Waals surface area contributed by atoms with Crippen LogP contribution in [0.1, 0.15) is 31.9 Å². The monoisotopic (exact) mass is 623 g/mol. The van der Waals surface area contributed by atoms with E-state index in [2.05, 4.69) is 134 Å². The minimum Gasteiger partial charge on any atom is -0.457 e. The van der Waals surface area contributed by atoms with Gasteiger partial charge in [-0.3, -0.25) is 8.97 Å². The number of aryl methyl sites for hydroxylation is 1. The van der Waals surface area contributed by atoms with Crippen molar-refractivity contribution in [1.29, 1.82) is 0 Å². The van der Waals surface area contributed by atoms with E-state index in [1.165, 1.54) is 10.9 Å². The summed E-state index contributed by atoms with van der Waals surface area (Å²) in [5.74, 6) is 3.18. The molecule has 0 saturated heterocycles. The zero-order chi connectivity index (χ0) is 32.6. The average Bonchev–Trinajstić information content (AvgIpc) is 3.68. The minimum absolute atomic E-state index is 0.0196. The van der Waals surface area contributed by atoms with E-state index in [0.717, 1.165) is 78.0 Å². The van der Waals surface area contributed by atoms with Gasteiger partial charge in [0.15, 0.2) is 11.5 Å². The quantitative estimate of drug-likeness (QED) is 0.183. The molecule has 0 radical (unpaired) electrons. The third kappa shape index (κ3) is 4.37. The maximum absolute atomic E-state index is 6.64. The maximum atomic E-state index is 6.64. The SMILES string of the molecule is Cc1ccccc1-c1nnc2c3cc(Oc4ccc5c6ccc(C(C)(C)C)cc6n(-c6ccccn6)c5c4)ccc3c3ccccc3n12. The van der Waals surface area contributed by atoms with Crippen LogP contribution in [0, 0.1) is 6.92 Å². The normalized spacial score (nSPS) is 12.2. The molecule has 6 heteroatoms. The number of ether oxygens (including phenoxy) is 1. The van der Waals surface area contributed by atoms with Crippen molar-refractivity contribution in [3.63, 3.8) is 0 Å². The summed E-state index contributed by atoms with van der Waals surface area (Å²) in [6, 6.07) is 42.2. The summed E-state index contributed by atoms with van der Waals surface area (Å²) < 4.78 is 11.1. The average molecular weight is 624 g/mol. The lowest BCUT2D eigenvalue weighted by Crippen LogP contribution is -2.10. The molecule has 0 spiro atoms. The molecule has 9 rings (SSSR count). The second-order valence-corrected chi connectivity index (χ2v) is 13.5. The van der Waals surface area contributed by atoms with E-state index in [1.807, 2.05) is 30.5 Å². The summed E-state index contributed by atoms with van der Waals surface area (Å²) in [4.78, 5) is 4.75. The predicted molar refractivity (Wildman–Crippen MR) is 196 cm³/mol. The smallest absolute Gasteiger partial charge is 0.169 e. The number of hydrogen-bond donors (Lipinski definition) is 0. The second-order valence-electron chi connectivity index (χ2n) is 13.5. The van der Waals surface area contributed by atoms with Crippen LogP contribution in [-0.4, -0.2) is 24.1 Å². The molecule has 0 saturated carbocycles. The van der Waals surface area contributed by atoms with Gasteiger partial charge >= 0.3 is 0 Å². The number of para-hydroxylation sites is 1. The van der Waals surface area contributed by atoms with E-state index < -0.39 is 0 Å². The van der Waals surface area contributed by atoms with E-state index in [0.29, 0.717) is 0 Å². The molecule has 0 bridgehead atoms. The molecule has 4 aromatic heterocycles. The van der Waals surface area contributed by atoms with Gasteiger partial charge in [-0.15, -0.1) is 10.2 Å². The molecule has 0 unspecified atom stereocenters. The number of pyridine rings is 2. The van der Waals surface area contributed by atoms with Gasteiger partial charge in [-0.25, -0.2) is 4.98 Å². The Morgan fingerprint density at radius 3 is 2.06 bits per heavy atom. The van der Waals surface area contributed by atoms with Crippen LogP contribution in [0.5, 0.6) is 11.5 Å². The van der Waals surface area contributed by atoms with Gasteiger partial charge in [-0.05, 0) is 83.4 Å². The Kier molecular flexibility index (Phi) is 6.18. The highest BCUT2D eigenvalue weighted by Crippen LogP contribution is 2.39. The van der Waals surface area contributed by atoms with Crippen LogP contribution in [-0.2, 0) is 5.41 Å². The molecule has 0 aliphatic rings. The lowest BCUT2D eigenvalue weighted by Gasteiger charge is -2.19. The first-order valence-corrected chi connectivity index (χ1v) is 16.3. The zero-order valence-corrected chi connectivity index (χ0v) is 27.3. The predicted octanol–water partition coefficient (Wildman–Crippen LogP) is 10.6. The molecule has 48 heavy (non-hydrogen) atoms. The third-order valence-corrected chi connectivity index (χ3v) is 9.44.